The summed E-state index contributed by atoms with van der Waals surface area (Å²) in [4.78, 5) is 9.67. The smallest absolute Gasteiger partial charge is 0.258 e. The molecule has 0 saturated carbocycles. The highest BCUT2D eigenvalue weighted by Crippen LogP contribution is 2.18. The van der Waals surface area contributed by atoms with Crippen molar-refractivity contribution < 1.29 is 17.7 Å². The number of benzene rings is 2. The highest BCUT2D eigenvalue weighted by molar-refractivity contribution is 7.91. The summed E-state index contributed by atoms with van der Waals surface area (Å²) in [6.07, 6.45) is 0.161. The van der Waals surface area contributed by atoms with Crippen molar-refractivity contribution >= 4 is 15.5 Å². The number of hydrogen-bond acceptors (Lipinski definition) is 4. The summed E-state index contributed by atoms with van der Waals surface area (Å²) in [5.41, 5.74) is 0.580. The predicted molar refractivity (Wildman–Crippen MR) is 75.3 cm³/mol. The summed E-state index contributed by atoms with van der Waals surface area (Å²) in [6.45, 7) is 0. The molecule has 0 unspecified atom stereocenters. The lowest BCUT2D eigenvalue weighted by Gasteiger charge is -2.05. The van der Waals surface area contributed by atoms with Crippen LogP contribution in [-0.4, -0.2) is 19.1 Å². The molecule has 0 aliphatic heterocycles. The third kappa shape index (κ3) is 3.63. The van der Waals surface area contributed by atoms with Crippen molar-refractivity contribution in [3.05, 3.63) is 70.0 Å². The molecule has 2 rings (SSSR count). The number of aryl methyl sites for hydroxylation is 1. The zero-order valence-electron chi connectivity index (χ0n) is 10.9. The molecule has 5 nitrogen and oxygen atoms in total. The third-order valence-corrected chi connectivity index (χ3v) is 4.72. The van der Waals surface area contributed by atoms with Crippen LogP contribution in [0.1, 0.15) is 5.56 Å². The van der Waals surface area contributed by atoms with Crippen LogP contribution in [0.5, 0.6) is 0 Å². The Kier molecular flexibility index (Phi) is 4.32. The quantitative estimate of drug-likeness (QED) is 0.628. The van der Waals surface area contributed by atoms with Crippen LogP contribution in [0.15, 0.2) is 53.4 Å². The molecule has 110 valence electrons. The average Bonchev–Trinajstić information content (AvgIpc) is 2.46. The molecule has 0 spiro atoms. The van der Waals surface area contributed by atoms with Gasteiger partial charge in [-0.15, -0.1) is 0 Å². The molecule has 0 aromatic heterocycles. The first-order valence-electron chi connectivity index (χ1n) is 6.11. The van der Waals surface area contributed by atoms with Crippen molar-refractivity contribution in [2.75, 3.05) is 5.75 Å². The van der Waals surface area contributed by atoms with Crippen LogP contribution in [0.2, 0.25) is 0 Å². The summed E-state index contributed by atoms with van der Waals surface area (Å²) in [5, 5.41) is 10.5. The van der Waals surface area contributed by atoms with Crippen molar-refractivity contribution in [3.63, 3.8) is 0 Å². The molecule has 2 aromatic rings. The van der Waals surface area contributed by atoms with Gasteiger partial charge in [-0.05, 0) is 24.1 Å². The monoisotopic (exact) mass is 309 g/mol. The fraction of sp³-hybridized carbons (Fsp3) is 0.143. The van der Waals surface area contributed by atoms with Crippen molar-refractivity contribution in [1.82, 2.24) is 0 Å². The number of sulfone groups is 1. The zero-order valence-corrected chi connectivity index (χ0v) is 11.7. The van der Waals surface area contributed by atoms with E-state index in [-0.39, 0.29) is 22.8 Å². The van der Waals surface area contributed by atoms with Gasteiger partial charge in [0.25, 0.3) is 5.69 Å². The first-order valence-corrected chi connectivity index (χ1v) is 7.76. The van der Waals surface area contributed by atoms with Gasteiger partial charge in [-0.1, -0.05) is 24.3 Å². The van der Waals surface area contributed by atoms with E-state index in [4.69, 9.17) is 0 Å². The van der Waals surface area contributed by atoms with E-state index in [1.807, 2.05) is 0 Å². The molecule has 7 heteroatoms. The molecular weight excluding hydrogens is 297 g/mol. The maximum absolute atomic E-state index is 13.5. The Morgan fingerprint density at radius 1 is 1.05 bits per heavy atom. The van der Waals surface area contributed by atoms with E-state index < -0.39 is 20.6 Å². The number of non-ortho nitro benzene ring substituents is 1. The van der Waals surface area contributed by atoms with Gasteiger partial charge in [0.1, 0.15) is 10.7 Å². The lowest BCUT2D eigenvalue weighted by molar-refractivity contribution is -0.384. The van der Waals surface area contributed by atoms with Crippen molar-refractivity contribution in [2.45, 2.75) is 11.3 Å². The number of rotatable bonds is 5. The minimum absolute atomic E-state index is 0.0595. The molecule has 0 bridgehead atoms. The number of hydrogen-bond donors (Lipinski definition) is 0. The first kappa shape index (κ1) is 15.1. The molecule has 0 amide bonds. The Morgan fingerprint density at radius 3 is 2.24 bits per heavy atom. The lowest BCUT2D eigenvalue weighted by atomic mass is 10.1. The highest BCUT2D eigenvalue weighted by atomic mass is 32.2. The van der Waals surface area contributed by atoms with Gasteiger partial charge < -0.3 is 0 Å². The van der Waals surface area contributed by atoms with Gasteiger partial charge in [0, 0.05) is 12.1 Å². The Bertz CT molecular complexity index is 757. The van der Waals surface area contributed by atoms with E-state index in [0.717, 1.165) is 6.07 Å². The van der Waals surface area contributed by atoms with Crippen LogP contribution < -0.4 is 0 Å². The largest absolute Gasteiger partial charge is 0.269 e. The van der Waals surface area contributed by atoms with Crippen molar-refractivity contribution in [2.24, 2.45) is 0 Å². The summed E-state index contributed by atoms with van der Waals surface area (Å²) in [7, 11) is -3.72. The Balaban J connectivity index is 2.12. The fourth-order valence-electron chi connectivity index (χ4n) is 1.84. The molecular formula is C14H12FNO4S. The molecule has 0 saturated heterocycles. The maximum atomic E-state index is 13.5. The lowest BCUT2D eigenvalue weighted by Crippen LogP contribution is -2.11. The number of nitro groups is 1. The average molecular weight is 309 g/mol. The van der Waals surface area contributed by atoms with E-state index in [1.54, 1.807) is 0 Å². The maximum Gasteiger partial charge on any atom is 0.269 e. The predicted octanol–water partition coefficient (Wildman–Crippen LogP) is 2.75. The van der Waals surface area contributed by atoms with Gasteiger partial charge in [0.15, 0.2) is 9.84 Å². The molecule has 0 fully saturated rings. The molecule has 0 N–H and O–H groups in total. The fourth-order valence-corrected chi connectivity index (χ4v) is 3.22. The molecule has 2 aromatic carbocycles. The SMILES string of the molecule is O=[N+]([O-])c1ccc(CCS(=O)(=O)c2ccccc2F)cc1. The molecule has 0 aliphatic carbocycles. The van der Waals surface area contributed by atoms with Gasteiger partial charge in [0.05, 0.1) is 10.7 Å². The second-order valence-electron chi connectivity index (χ2n) is 4.42. The van der Waals surface area contributed by atoms with Crippen LogP contribution >= 0.6 is 0 Å². The van der Waals surface area contributed by atoms with Crippen LogP contribution in [0.4, 0.5) is 10.1 Å². The minimum Gasteiger partial charge on any atom is -0.258 e. The van der Waals surface area contributed by atoms with Gasteiger partial charge in [-0.3, -0.25) is 10.1 Å². The minimum atomic E-state index is -3.72. The summed E-state index contributed by atoms with van der Waals surface area (Å²) in [5.74, 6) is -1.03. The number of nitro benzene ring substituents is 1. The molecule has 0 aliphatic rings. The first-order chi connectivity index (χ1) is 9.90. The normalized spacial score (nSPS) is 11.3. The van der Waals surface area contributed by atoms with Crippen LogP contribution in [-0.2, 0) is 16.3 Å². The number of halogens is 1. The second kappa shape index (κ2) is 6.01. The van der Waals surface area contributed by atoms with E-state index in [2.05, 4.69) is 0 Å². The van der Waals surface area contributed by atoms with E-state index in [1.165, 1.54) is 42.5 Å². The molecule has 21 heavy (non-hydrogen) atoms. The van der Waals surface area contributed by atoms with Crippen LogP contribution in [0, 0.1) is 15.9 Å². The summed E-state index contributed by atoms with van der Waals surface area (Å²) in [6, 6.07) is 10.8. The second-order valence-corrected chi connectivity index (χ2v) is 6.50. The Hall–Kier alpha value is -2.28. The summed E-state index contributed by atoms with van der Waals surface area (Å²) >= 11 is 0. The zero-order chi connectivity index (χ0) is 15.5. The van der Waals surface area contributed by atoms with E-state index >= 15 is 0 Å². The highest BCUT2D eigenvalue weighted by Gasteiger charge is 2.18. The molecule has 0 heterocycles. The van der Waals surface area contributed by atoms with Gasteiger partial charge >= 0.3 is 0 Å². The Morgan fingerprint density at radius 2 is 1.67 bits per heavy atom. The molecule has 0 radical (unpaired) electrons. The number of nitrogens with zero attached hydrogens (tertiary/aromatic N) is 1. The summed E-state index contributed by atoms with van der Waals surface area (Å²) < 4.78 is 37.6. The third-order valence-electron chi connectivity index (χ3n) is 2.98. The van der Waals surface area contributed by atoms with Crippen LogP contribution in [0.3, 0.4) is 0 Å². The van der Waals surface area contributed by atoms with Crippen molar-refractivity contribution in [1.29, 1.82) is 0 Å². The van der Waals surface area contributed by atoms with Crippen LogP contribution in [0.25, 0.3) is 0 Å². The van der Waals surface area contributed by atoms with E-state index in [0.29, 0.717) is 5.56 Å². The topological polar surface area (TPSA) is 77.3 Å². The van der Waals surface area contributed by atoms with Gasteiger partial charge in [0.2, 0.25) is 0 Å². The Labute approximate surface area is 121 Å². The van der Waals surface area contributed by atoms with Gasteiger partial charge in [-0.25, -0.2) is 12.8 Å². The molecule has 0 atom stereocenters. The van der Waals surface area contributed by atoms with Crippen molar-refractivity contribution in [3.8, 4) is 0 Å². The van der Waals surface area contributed by atoms with Gasteiger partial charge in [-0.2, -0.15) is 0 Å². The van der Waals surface area contributed by atoms with E-state index in [9.17, 15) is 22.9 Å². The standard InChI is InChI=1S/C14H12FNO4S/c15-13-3-1-2-4-14(13)21(19,20)10-9-11-5-7-12(8-6-11)16(17)18/h1-8H,9-10H2.